The molecule has 0 spiro atoms. The molecule has 102 valence electrons. The maximum atomic E-state index is 11.8. The number of aryl methyl sites for hydroxylation is 1. The lowest BCUT2D eigenvalue weighted by Gasteiger charge is -1.98. The van der Waals surface area contributed by atoms with Crippen LogP contribution in [0.4, 0.5) is 0 Å². The second-order valence-electron chi connectivity index (χ2n) is 3.94. The molecular formula is C14H17NO3S. The van der Waals surface area contributed by atoms with E-state index in [0.717, 1.165) is 5.56 Å². The van der Waals surface area contributed by atoms with E-state index in [9.17, 15) is 9.00 Å². The Morgan fingerprint density at radius 2 is 2.00 bits per heavy atom. The zero-order chi connectivity index (χ0) is 14.3. The van der Waals surface area contributed by atoms with Gasteiger partial charge in [-0.2, -0.15) is 4.40 Å². The summed E-state index contributed by atoms with van der Waals surface area (Å²) in [6.07, 6.45) is 2.73. The van der Waals surface area contributed by atoms with Gasteiger partial charge in [0.15, 0.2) is 11.0 Å². The fourth-order valence-corrected chi connectivity index (χ4v) is 2.01. The Bertz CT molecular complexity index is 518. The lowest BCUT2D eigenvalue weighted by Crippen LogP contribution is -2.00. The van der Waals surface area contributed by atoms with Crippen LogP contribution in [0.5, 0.6) is 0 Å². The number of hydrogen-bond donors (Lipinski definition) is 0. The van der Waals surface area contributed by atoms with Gasteiger partial charge in [-0.3, -0.25) is 0 Å². The van der Waals surface area contributed by atoms with Gasteiger partial charge >= 0.3 is 5.97 Å². The van der Waals surface area contributed by atoms with Gasteiger partial charge in [0.2, 0.25) is 0 Å². The Hall–Kier alpha value is -1.75. The molecular weight excluding hydrogens is 262 g/mol. The Balaban J connectivity index is 2.68. The van der Waals surface area contributed by atoms with E-state index < -0.39 is 17.0 Å². The minimum atomic E-state index is -1.45. The highest BCUT2D eigenvalue weighted by atomic mass is 32.2. The van der Waals surface area contributed by atoms with Gasteiger partial charge in [0.1, 0.15) is 0 Å². The molecule has 0 saturated carbocycles. The minimum Gasteiger partial charge on any atom is -0.463 e. The first-order valence-corrected chi connectivity index (χ1v) is 7.01. The summed E-state index contributed by atoms with van der Waals surface area (Å²) in [7, 11) is -1.45. The van der Waals surface area contributed by atoms with E-state index in [0.29, 0.717) is 17.1 Å². The summed E-state index contributed by atoms with van der Waals surface area (Å²) >= 11 is 0. The van der Waals surface area contributed by atoms with Crippen molar-refractivity contribution in [3.8, 4) is 0 Å². The van der Waals surface area contributed by atoms with Gasteiger partial charge in [-0.15, -0.1) is 0 Å². The van der Waals surface area contributed by atoms with Gasteiger partial charge in [-0.05, 0) is 38.5 Å². The summed E-state index contributed by atoms with van der Waals surface area (Å²) in [6.45, 7) is 5.73. The highest BCUT2D eigenvalue weighted by Crippen LogP contribution is 2.09. The Morgan fingerprint density at radius 3 is 2.58 bits per heavy atom. The summed E-state index contributed by atoms with van der Waals surface area (Å²) < 4.78 is 20.5. The number of allylic oxidation sites excluding steroid dienone is 1. The van der Waals surface area contributed by atoms with Crippen LogP contribution in [-0.2, 0) is 20.5 Å². The van der Waals surface area contributed by atoms with Gasteiger partial charge in [-0.25, -0.2) is 9.00 Å². The summed E-state index contributed by atoms with van der Waals surface area (Å²) in [4.78, 5) is 11.8. The molecule has 1 aromatic carbocycles. The number of nitrogens with zero attached hydrogens (tertiary/aromatic N) is 1. The Labute approximate surface area is 115 Å². The third-order valence-electron chi connectivity index (χ3n) is 2.21. The molecule has 0 fully saturated rings. The average molecular weight is 279 g/mol. The van der Waals surface area contributed by atoms with E-state index in [1.165, 1.54) is 12.3 Å². The molecule has 1 rings (SSSR count). The third kappa shape index (κ3) is 5.61. The lowest BCUT2D eigenvalue weighted by molar-refractivity contribution is -0.137. The molecule has 0 amide bonds. The number of carbonyl (C=O) groups is 1. The molecule has 0 aliphatic carbocycles. The van der Waals surface area contributed by atoms with Crippen molar-refractivity contribution in [2.75, 3.05) is 6.61 Å². The lowest BCUT2D eigenvalue weighted by atomic mass is 10.2. The number of rotatable bonds is 5. The van der Waals surface area contributed by atoms with Crippen molar-refractivity contribution in [1.82, 2.24) is 0 Å². The number of esters is 1. The second kappa shape index (κ2) is 7.63. The largest absolute Gasteiger partial charge is 0.463 e. The fourth-order valence-electron chi connectivity index (χ4n) is 1.25. The molecule has 0 aromatic heterocycles. The first-order chi connectivity index (χ1) is 9.02. The maximum Gasteiger partial charge on any atom is 0.331 e. The topological polar surface area (TPSA) is 55.7 Å². The van der Waals surface area contributed by atoms with Crippen LogP contribution >= 0.6 is 0 Å². The SMILES string of the molecule is CCOC(=O)/C=C(C)/C=N/[S@@](=O)c1ccc(C)cc1. The summed E-state index contributed by atoms with van der Waals surface area (Å²) in [5.41, 5.74) is 1.70. The number of benzene rings is 1. The van der Waals surface area contributed by atoms with Gasteiger partial charge < -0.3 is 4.74 Å². The van der Waals surface area contributed by atoms with Gasteiger partial charge in [0.05, 0.1) is 11.5 Å². The maximum absolute atomic E-state index is 11.8. The predicted molar refractivity (Wildman–Crippen MR) is 76.5 cm³/mol. The minimum absolute atomic E-state index is 0.328. The predicted octanol–water partition coefficient (Wildman–Crippen LogP) is 2.60. The van der Waals surface area contributed by atoms with E-state index in [1.807, 2.05) is 19.1 Å². The third-order valence-corrected chi connectivity index (χ3v) is 3.18. The van der Waals surface area contributed by atoms with Crippen molar-refractivity contribution in [2.45, 2.75) is 25.7 Å². The molecule has 1 aromatic rings. The molecule has 0 bridgehead atoms. The van der Waals surface area contributed by atoms with Crippen LogP contribution in [0.1, 0.15) is 19.4 Å². The van der Waals surface area contributed by atoms with Crippen LogP contribution in [0.25, 0.3) is 0 Å². The molecule has 0 unspecified atom stereocenters. The smallest absolute Gasteiger partial charge is 0.331 e. The molecule has 0 saturated heterocycles. The first-order valence-electron chi connectivity index (χ1n) is 5.90. The molecule has 0 N–H and O–H groups in total. The quantitative estimate of drug-likeness (QED) is 0.473. The number of carbonyl (C=O) groups excluding carboxylic acids is 1. The van der Waals surface area contributed by atoms with E-state index in [-0.39, 0.29) is 0 Å². The van der Waals surface area contributed by atoms with E-state index >= 15 is 0 Å². The fraction of sp³-hybridized carbons (Fsp3) is 0.286. The van der Waals surface area contributed by atoms with E-state index in [2.05, 4.69) is 4.40 Å². The molecule has 19 heavy (non-hydrogen) atoms. The molecule has 0 heterocycles. The van der Waals surface area contributed by atoms with Gasteiger partial charge in [0, 0.05) is 12.3 Å². The Kier molecular flexibility index (Phi) is 6.15. The van der Waals surface area contributed by atoms with Crippen molar-refractivity contribution >= 4 is 23.2 Å². The van der Waals surface area contributed by atoms with Gasteiger partial charge in [-0.1, -0.05) is 17.7 Å². The molecule has 0 aliphatic rings. The van der Waals surface area contributed by atoms with Crippen molar-refractivity contribution in [3.05, 3.63) is 41.5 Å². The van der Waals surface area contributed by atoms with Crippen molar-refractivity contribution in [3.63, 3.8) is 0 Å². The van der Waals surface area contributed by atoms with Gasteiger partial charge in [0.25, 0.3) is 0 Å². The zero-order valence-electron chi connectivity index (χ0n) is 11.3. The first kappa shape index (κ1) is 15.3. The molecule has 1 atom stereocenters. The Morgan fingerprint density at radius 1 is 1.37 bits per heavy atom. The highest BCUT2D eigenvalue weighted by Gasteiger charge is 2.01. The standard InChI is InChI=1S/C14H17NO3S/c1-4-18-14(16)9-12(3)10-15-19(17)13-7-5-11(2)6-8-13/h5-10H,4H2,1-3H3/b12-9+,15-10+/t19-/m0/s1. The summed E-state index contributed by atoms with van der Waals surface area (Å²) in [6, 6.07) is 7.30. The summed E-state index contributed by atoms with van der Waals surface area (Å²) in [5, 5.41) is 0. The van der Waals surface area contributed by atoms with E-state index in [1.54, 1.807) is 26.0 Å². The highest BCUT2D eigenvalue weighted by molar-refractivity contribution is 7.83. The normalized spacial score (nSPS) is 13.5. The average Bonchev–Trinajstić information content (AvgIpc) is 2.37. The molecule has 5 heteroatoms. The van der Waals surface area contributed by atoms with Crippen LogP contribution in [0.15, 0.2) is 45.2 Å². The number of ether oxygens (including phenoxy) is 1. The van der Waals surface area contributed by atoms with Crippen molar-refractivity contribution in [1.29, 1.82) is 0 Å². The molecule has 0 radical (unpaired) electrons. The van der Waals surface area contributed by atoms with E-state index in [4.69, 9.17) is 4.74 Å². The van der Waals surface area contributed by atoms with Crippen LogP contribution < -0.4 is 0 Å². The molecule has 0 aliphatic heterocycles. The van der Waals surface area contributed by atoms with Crippen molar-refractivity contribution in [2.24, 2.45) is 4.40 Å². The van der Waals surface area contributed by atoms with Crippen LogP contribution in [0, 0.1) is 6.92 Å². The van der Waals surface area contributed by atoms with Crippen LogP contribution in [0.3, 0.4) is 0 Å². The molecule has 4 nitrogen and oxygen atoms in total. The summed E-state index contributed by atoms with van der Waals surface area (Å²) in [5.74, 6) is -0.424. The zero-order valence-corrected chi connectivity index (χ0v) is 12.1. The van der Waals surface area contributed by atoms with Crippen LogP contribution in [-0.4, -0.2) is 23.0 Å². The monoisotopic (exact) mass is 279 g/mol. The second-order valence-corrected chi connectivity index (χ2v) is 5.12. The van der Waals surface area contributed by atoms with Crippen molar-refractivity contribution < 1.29 is 13.7 Å². The van der Waals surface area contributed by atoms with Crippen LogP contribution in [0.2, 0.25) is 0 Å². The number of hydrogen-bond acceptors (Lipinski definition) is 3.